The smallest absolute Gasteiger partial charge is 0.334 e. The summed E-state index contributed by atoms with van der Waals surface area (Å²) in [6.07, 6.45) is -0.547. The van der Waals surface area contributed by atoms with Gasteiger partial charge in [0.05, 0.1) is 18.7 Å². The van der Waals surface area contributed by atoms with E-state index in [1.807, 2.05) is 6.07 Å². The van der Waals surface area contributed by atoms with Gasteiger partial charge in [-0.3, -0.25) is 0 Å². The highest BCUT2D eigenvalue weighted by Gasteiger charge is 2.35. The maximum absolute atomic E-state index is 13.3. The minimum absolute atomic E-state index is 0.213. The third kappa shape index (κ3) is 4.88. The molecule has 1 aromatic carbocycles. The minimum atomic E-state index is -2.01. The Hall–Kier alpha value is -1.71. The Kier molecular flexibility index (Phi) is 7.40. The molecule has 1 rings (SSSR count). The number of halogens is 1. The standard InChI is InChI=1S/C17H24FNO3Si/c1-5-23(6-2,7-3)22-16(17(20)21-4)11-13-8-9-15(18)10-14(13)12-19/h8-10,16H,5-7,11H2,1-4H3. The molecule has 126 valence electrons. The summed E-state index contributed by atoms with van der Waals surface area (Å²) in [5.41, 5.74) is 0.815. The average Bonchev–Trinajstić information content (AvgIpc) is 2.59. The van der Waals surface area contributed by atoms with Crippen molar-refractivity contribution >= 4 is 14.3 Å². The zero-order valence-corrected chi connectivity index (χ0v) is 15.2. The van der Waals surface area contributed by atoms with Crippen molar-refractivity contribution in [3.8, 4) is 6.07 Å². The number of methoxy groups -OCH3 is 1. The molecule has 0 bridgehead atoms. The van der Waals surface area contributed by atoms with Gasteiger partial charge in [0.2, 0.25) is 0 Å². The quantitative estimate of drug-likeness (QED) is 0.535. The van der Waals surface area contributed by atoms with Crippen molar-refractivity contribution in [1.82, 2.24) is 0 Å². The molecule has 0 aliphatic carbocycles. The van der Waals surface area contributed by atoms with Gasteiger partial charge in [0, 0.05) is 6.42 Å². The molecule has 1 aromatic rings. The third-order valence-corrected chi connectivity index (χ3v) is 9.04. The van der Waals surface area contributed by atoms with Gasteiger partial charge >= 0.3 is 5.97 Å². The van der Waals surface area contributed by atoms with Crippen LogP contribution in [0.15, 0.2) is 18.2 Å². The number of esters is 1. The molecule has 0 N–H and O–H groups in total. The second kappa shape index (κ2) is 8.80. The highest BCUT2D eigenvalue weighted by Crippen LogP contribution is 2.25. The van der Waals surface area contributed by atoms with Crippen LogP contribution < -0.4 is 0 Å². The number of ether oxygens (including phenoxy) is 1. The van der Waals surface area contributed by atoms with Crippen LogP contribution in [0.25, 0.3) is 0 Å². The summed E-state index contributed by atoms with van der Waals surface area (Å²) >= 11 is 0. The highest BCUT2D eigenvalue weighted by molar-refractivity contribution is 6.73. The van der Waals surface area contributed by atoms with Crippen LogP contribution in [0.2, 0.25) is 18.1 Å². The van der Waals surface area contributed by atoms with E-state index in [2.05, 4.69) is 20.8 Å². The lowest BCUT2D eigenvalue weighted by atomic mass is 10.0. The summed E-state index contributed by atoms with van der Waals surface area (Å²) in [6.45, 7) is 6.23. The molecule has 23 heavy (non-hydrogen) atoms. The largest absolute Gasteiger partial charge is 0.467 e. The molecule has 0 saturated carbocycles. The Balaban J connectivity index is 3.10. The van der Waals surface area contributed by atoms with Crippen LogP contribution in [0.5, 0.6) is 0 Å². The number of carbonyl (C=O) groups is 1. The molecular weight excluding hydrogens is 313 g/mol. The van der Waals surface area contributed by atoms with Gasteiger partial charge in [-0.05, 0) is 35.8 Å². The predicted octanol–water partition coefficient (Wildman–Crippen LogP) is 3.80. The summed E-state index contributed by atoms with van der Waals surface area (Å²) in [4.78, 5) is 12.1. The minimum Gasteiger partial charge on any atom is -0.467 e. The molecule has 1 atom stereocenters. The zero-order chi connectivity index (χ0) is 17.5. The Morgan fingerprint density at radius 2 is 1.91 bits per heavy atom. The molecular formula is C17H24FNO3Si. The van der Waals surface area contributed by atoms with Crippen molar-refractivity contribution in [2.45, 2.75) is 51.4 Å². The summed E-state index contributed by atoms with van der Waals surface area (Å²) in [7, 11) is -0.689. The van der Waals surface area contributed by atoms with Gasteiger partial charge in [-0.15, -0.1) is 0 Å². The Morgan fingerprint density at radius 1 is 1.30 bits per heavy atom. The van der Waals surface area contributed by atoms with Crippen LogP contribution >= 0.6 is 0 Å². The number of benzene rings is 1. The van der Waals surface area contributed by atoms with E-state index >= 15 is 0 Å². The normalized spacial score (nSPS) is 12.5. The third-order valence-electron chi connectivity index (χ3n) is 4.39. The topological polar surface area (TPSA) is 59.3 Å². The lowest BCUT2D eigenvalue weighted by Gasteiger charge is -2.32. The molecule has 0 amide bonds. The number of carbonyl (C=O) groups excluding carboxylic acids is 1. The molecule has 0 aliphatic rings. The van der Waals surface area contributed by atoms with Crippen LogP contribution in [0.3, 0.4) is 0 Å². The first-order chi connectivity index (χ1) is 10.9. The maximum Gasteiger partial charge on any atom is 0.334 e. The van der Waals surface area contributed by atoms with E-state index in [0.29, 0.717) is 5.56 Å². The molecule has 0 radical (unpaired) electrons. The van der Waals surface area contributed by atoms with Gasteiger partial charge in [0.1, 0.15) is 11.9 Å². The average molecular weight is 337 g/mol. The molecule has 0 fully saturated rings. The fourth-order valence-corrected chi connectivity index (χ4v) is 5.42. The van der Waals surface area contributed by atoms with Crippen molar-refractivity contribution in [2.24, 2.45) is 0 Å². The highest BCUT2D eigenvalue weighted by atomic mass is 28.4. The number of rotatable bonds is 8. The molecule has 0 saturated heterocycles. The lowest BCUT2D eigenvalue weighted by Crippen LogP contribution is -2.44. The molecule has 0 aromatic heterocycles. The van der Waals surface area contributed by atoms with Gasteiger partial charge in [-0.2, -0.15) is 5.26 Å². The Morgan fingerprint density at radius 3 is 2.39 bits per heavy atom. The van der Waals surface area contributed by atoms with Crippen molar-refractivity contribution in [2.75, 3.05) is 7.11 Å². The van der Waals surface area contributed by atoms with Crippen LogP contribution in [-0.2, 0) is 20.4 Å². The van der Waals surface area contributed by atoms with Crippen LogP contribution in [0.1, 0.15) is 31.9 Å². The second-order valence-electron chi connectivity index (χ2n) is 5.49. The first-order valence-corrected chi connectivity index (χ1v) is 10.4. The number of hydrogen-bond donors (Lipinski definition) is 0. The van der Waals surface area contributed by atoms with E-state index in [-0.39, 0.29) is 12.0 Å². The van der Waals surface area contributed by atoms with E-state index in [4.69, 9.17) is 14.4 Å². The summed E-state index contributed by atoms with van der Waals surface area (Å²) in [6, 6.07) is 8.67. The predicted molar refractivity (Wildman–Crippen MR) is 88.9 cm³/mol. The van der Waals surface area contributed by atoms with Gasteiger partial charge in [-0.25, -0.2) is 9.18 Å². The fraction of sp³-hybridized carbons (Fsp3) is 0.529. The van der Waals surface area contributed by atoms with Gasteiger partial charge in [0.25, 0.3) is 0 Å². The van der Waals surface area contributed by atoms with E-state index < -0.39 is 26.2 Å². The Labute approximate surface area is 138 Å². The second-order valence-corrected chi connectivity index (χ2v) is 10.2. The fourth-order valence-electron chi connectivity index (χ4n) is 2.64. The van der Waals surface area contributed by atoms with Crippen LogP contribution in [-0.4, -0.2) is 27.5 Å². The summed E-state index contributed by atoms with van der Waals surface area (Å²) in [5, 5.41) is 9.16. The van der Waals surface area contributed by atoms with E-state index in [9.17, 15) is 9.18 Å². The summed E-state index contributed by atoms with van der Waals surface area (Å²) in [5.74, 6) is -0.925. The molecule has 0 spiro atoms. The van der Waals surface area contributed by atoms with Gasteiger partial charge < -0.3 is 9.16 Å². The van der Waals surface area contributed by atoms with Crippen molar-refractivity contribution in [3.63, 3.8) is 0 Å². The monoisotopic (exact) mass is 337 g/mol. The SMILES string of the molecule is CC[Si](CC)(CC)OC(Cc1ccc(F)cc1C#N)C(=O)OC. The first-order valence-electron chi connectivity index (χ1n) is 7.89. The zero-order valence-electron chi connectivity index (χ0n) is 14.2. The first kappa shape index (κ1) is 19.3. The Bertz CT molecular complexity index is 573. The molecule has 1 unspecified atom stereocenters. The van der Waals surface area contributed by atoms with E-state index in [1.165, 1.54) is 25.3 Å². The lowest BCUT2D eigenvalue weighted by molar-refractivity contribution is -0.149. The van der Waals surface area contributed by atoms with E-state index in [1.54, 1.807) is 0 Å². The number of nitrogens with zero attached hydrogens (tertiary/aromatic N) is 1. The number of hydrogen-bond acceptors (Lipinski definition) is 4. The molecule has 4 nitrogen and oxygen atoms in total. The van der Waals surface area contributed by atoms with Gasteiger partial charge in [-0.1, -0.05) is 26.8 Å². The number of nitriles is 1. The van der Waals surface area contributed by atoms with Crippen molar-refractivity contribution in [3.05, 3.63) is 35.1 Å². The van der Waals surface area contributed by atoms with Crippen molar-refractivity contribution in [1.29, 1.82) is 5.26 Å². The molecule has 0 aliphatic heterocycles. The maximum atomic E-state index is 13.3. The van der Waals surface area contributed by atoms with E-state index in [0.717, 1.165) is 18.1 Å². The van der Waals surface area contributed by atoms with Crippen LogP contribution in [0.4, 0.5) is 4.39 Å². The van der Waals surface area contributed by atoms with Crippen LogP contribution in [0, 0.1) is 17.1 Å². The molecule has 6 heteroatoms. The summed E-state index contributed by atoms with van der Waals surface area (Å²) < 4.78 is 24.4. The van der Waals surface area contributed by atoms with Gasteiger partial charge in [0.15, 0.2) is 8.32 Å². The molecule has 0 heterocycles. The van der Waals surface area contributed by atoms with Crippen molar-refractivity contribution < 1.29 is 18.3 Å².